The molecule has 1 aromatic rings. The molecule has 1 aliphatic rings. The van der Waals surface area contributed by atoms with E-state index in [1.165, 1.54) is 0 Å². The van der Waals surface area contributed by atoms with Crippen LogP contribution in [0.1, 0.15) is 18.4 Å². The van der Waals surface area contributed by atoms with Crippen LogP contribution in [0.25, 0.3) is 0 Å². The van der Waals surface area contributed by atoms with Gasteiger partial charge in [-0.1, -0.05) is 12.1 Å². The molecular formula is C12H15NO2. The highest BCUT2D eigenvalue weighted by atomic mass is 16.5. The zero-order valence-electron chi connectivity index (χ0n) is 8.82. The van der Waals surface area contributed by atoms with Crippen molar-refractivity contribution in [2.75, 3.05) is 7.11 Å². The van der Waals surface area contributed by atoms with Crippen LogP contribution in [0.4, 0.5) is 0 Å². The third-order valence-electron chi connectivity index (χ3n) is 2.55. The van der Waals surface area contributed by atoms with E-state index in [4.69, 9.17) is 4.74 Å². The van der Waals surface area contributed by atoms with Gasteiger partial charge in [-0.05, 0) is 30.5 Å². The maximum absolute atomic E-state index is 11.4. The number of carbonyl (C=O) groups excluding carboxylic acids is 1. The summed E-state index contributed by atoms with van der Waals surface area (Å²) in [7, 11) is 1.64. The Bertz CT molecular complexity index is 358. The first-order chi connectivity index (χ1) is 7.29. The highest BCUT2D eigenvalue weighted by molar-refractivity contribution is 5.80. The van der Waals surface area contributed by atoms with Gasteiger partial charge in [-0.25, -0.2) is 0 Å². The molecule has 1 saturated carbocycles. The molecule has 2 rings (SSSR count). The minimum absolute atomic E-state index is 0.179. The van der Waals surface area contributed by atoms with E-state index < -0.39 is 0 Å². The standard InChI is InChI=1S/C12H15NO2/c1-15-11-4-2-3-9(7-11)8-13-12(14)10-5-6-10/h2-4,7,10H,5-6,8H2,1H3,(H,13,14). The highest BCUT2D eigenvalue weighted by Crippen LogP contribution is 2.28. The molecule has 0 radical (unpaired) electrons. The third kappa shape index (κ3) is 2.72. The van der Waals surface area contributed by atoms with Gasteiger partial charge in [0.2, 0.25) is 5.91 Å². The van der Waals surface area contributed by atoms with Crippen LogP contribution >= 0.6 is 0 Å². The summed E-state index contributed by atoms with van der Waals surface area (Å²) in [6.07, 6.45) is 2.09. The molecule has 1 N–H and O–H groups in total. The van der Waals surface area contributed by atoms with Crippen LogP contribution in [0.5, 0.6) is 5.75 Å². The first kappa shape index (κ1) is 10.0. The number of hydrogen-bond donors (Lipinski definition) is 1. The zero-order chi connectivity index (χ0) is 10.7. The maximum atomic E-state index is 11.4. The Hall–Kier alpha value is -1.51. The Morgan fingerprint density at radius 2 is 2.33 bits per heavy atom. The number of benzene rings is 1. The molecule has 3 heteroatoms. The molecule has 1 aromatic carbocycles. The molecule has 0 aliphatic heterocycles. The van der Waals surface area contributed by atoms with Crippen LogP contribution in [-0.4, -0.2) is 13.0 Å². The van der Waals surface area contributed by atoms with Gasteiger partial charge >= 0.3 is 0 Å². The van der Waals surface area contributed by atoms with Crippen molar-refractivity contribution in [2.45, 2.75) is 19.4 Å². The van der Waals surface area contributed by atoms with Crippen molar-refractivity contribution in [3.63, 3.8) is 0 Å². The molecule has 80 valence electrons. The number of methoxy groups -OCH3 is 1. The minimum Gasteiger partial charge on any atom is -0.497 e. The summed E-state index contributed by atoms with van der Waals surface area (Å²) in [5.74, 6) is 1.28. The summed E-state index contributed by atoms with van der Waals surface area (Å²) >= 11 is 0. The second kappa shape index (κ2) is 4.34. The first-order valence-electron chi connectivity index (χ1n) is 5.20. The SMILES string of the molecule is COc1cccc(CNC(=O)C2CC2)c1. The van der Waals surface area contributed by atoms with Crippen molar-refractivity contribution in [3.05, 3.63) is 29.8 Å². The molecule has 0 atom stereocenters. The zero-order valence-corrected chi connectivity index (χ0v) is 8.82. The number of hydrogen-bond acceptors (Lipinski definition) is 2. The molecular weight excluding hydrogens is 190 g/mol. The van der Waals surface area contributed by atoms with E-state index in [0.29, 0.717) is 6.54 Å². The lowest BCUT2D eigenvalue weighted by atomic mass is 10.2. The first-order valence-corrected chi connectivity index (χ1v) is 5.20. The average Bonchev–Trinajstić information content (AvgIpc) is 3.10. The van der Waals surface area contributed by atoms with Crippen molar-refractivity contribution in [1.29, 1.82) is 0 Å². The van der Waals surface area contributed by atoms with Gasteiger partial charge in [0.1, 0.15) is 5.75 Å². The van der Waals surface area contributed by atoms with E-state index in [0.717, 1.165) is 24.2 Å². The lowest BCUT2D eigenvalue weighted by Crippen LogP contribution is -2.24. The van der Waals surface area contributed by atoms with Crippen molar-refractivity contribution in [3.8, 4) is 5.75 Å². The van der Waals surface area contributed by atoms with Crippen molar-refractivity contribution >= 4 is 5.91 Å². The molecule has 0 saturated heterocycles. The molecule has 3 nitrogen and oxygen atoms in total. The van der Waals surface area contributed by atoms with Crippen molar-refractivity contribution in [1.82, 2.24) is 5.32 Å². The fourth-order valence-electron chi connectivity index (χ4n) is 1.46. The molecule has 0 heterocycles. The van der Waals surface area contributed by atoms with Crippen molar-refractivity contribution in [2.24, 2.45) is 5.92 Å². The second-order valence-electron chi connectivity index (χ2n) is 3.84. The largest absolute Gasteiger partial charge is 0.497 e. The van der Waals surface area contributed by atoms with Gasteiger partial charge < -0.3 is 10.1 Å². The van der Waals surface area contributed by atoms with E-state index in [9.17, 15) is 4.79 Å². The number of carbonyl (C=O) groups is 1. The monoisotopic (exact) mass is 205 g/mol. The van der Waals surface area contributed by atoms with Gasteiger partial charge in [0.15, 0.2) is 0 Å². The lowest BCUT2D eigenvalue weighted by molar-refractivity contribution is -0.122. The predicted molar refractivity (Wildman–Crippen MR) is 57.6 cm³/mol. The molecule has 1 amide bonds. The van der Waals surface area contributed by atoms with E-state index in [-0.39, 0.29) is 11.8 Å². The smallest absolute Gasteiger partial charge is 0.223 e. The molecule has 0 unspecified atom stereocenters. The summed E-state index contributed by atoms with van der Waals surface area (Å²) in [6, 6.07) is 7.74. The predicted octanol–water partition coefficient (Wildman–Crippen LogP) is 1.72. The van der Waals surface area contributed by atoms with E-state index in [1.54, 1.807) is 7.11 Å². The van der Waals surface area contributed by atoms with E-state index in [1.807, 2.05) is 24.3 Å². The average molecular weight is 205 g/mol. The van der Waals surface area contributed by atoms with Gasteiger partial charge in [0.05, 0.1) is 7.11 Å². The molecule has 1 fully saturated rings. The summed E-state index contributed by atoms with van der Waals surface area (Å²) in [6.45, 7) is 0.590. The summed E-state index contributed by atoms with van der Waals surface area (Å²) in [5.41, 5.74) is 1.07. The van der Waals surface area contributed by atoms with Crippen LogP contribution in [0.2, 0.25) is 0 Å². The maximum Gasteiger partial charge on any atom is 0.223 e. The normalized spacial score (nSPS) is 14.7. The minimum atomic E-state index is 0.179. The van der Waals surface area contributed by atoms with Crippen molar-refractivity contribution < 1.29 is 9.53 Å². The fourth-order valence-corrected chi connectivity index (χ4v) is 1.46. The van der Waals surface area contributed by atoms with Gasteiger partial charge in [-0.15, -0.1) is 0 Å². The van der Waals surface area contributed by atoms with Crippen LogP contribution < -0.4 is 10.1 Å². The lowest BCUT2D eigenvalue weighted by Gasteiger charge is -2.06. The van der Waals surface area contributed by atoms with E-state index in [2.05, 4.69) is 5.32 Å². The number of ether oxygens (including phenoxy) is 1. The Labute approximate surface area is 89.4 Å². The summed E-state index contributed by atoms with van der Waals surface area (Å²) < 4.78 is 5.11. The topological polar surface area (TPSA) is 38.3 Å². The summed E-state index contributed by atoms with van der Waals surface area (Å²) in [5, 5.41) is 2.92. The molecule has 0 bridgehead atoms. The van der Waals surface area contributed by atoms with Crippen LogP contribution in [0, 0.1) is 5.92 Å². The quantitative estimate of drug-likeness (QED) is 0.812. The fraction of sp³-hybridized carbons (Fsp3) is 0.417. The second-order valence-corrected chi connectivity index (χ2v) is 3.84. The van der Waals surface area contributed by atoms with Gasteiger partial charge in [-0.3, -0.25) is 4.79 Å². The Balaban J connectivity index is 1.89. The number of nitrogens with one attached hydrogen (secondary N) is 1. The van der Waals surface area contributed by atoms with Crippen LogP contribution in [0.3, 0.4) is 0 Å². The molecule has 15 heavy (non-hydrogen) atoms. The molecule has 0 spiro atoms. The Kier molecular flexibility index (Phi) is 2.90. The van der Waals surface area contributed by atoms with Gasteiger partial charge in [-0.2, -0.15) is 0 Å². The van der Waals surface area contributed by atoms with Crippen LogP contribution in [-0.2, 0) is 11.3 Å². The van der Waals surface area contributed by atoms with Gasteiger partial charge in [0, 0.05) is 12.5 Å². The Morgan fingerprint density at radius 3 is 3.00 bits per heavy atom. The number of rotatable bonds is 4. The molecule has 0 aromatic heterocycles. The van der Waals surface area contributed by atoms with E-state index >= 15 is 0 Å². The van der Waals surface area contributed by atoms with Crippen LogP contribution in [0.15, 0.2) is 24.3 Å². The summed E-state index contributed by atoms with van der Waals surface area (Å²) in [4.78, 5) is 11.4. The third-order valence-corrected chi connectivity index (χ3v) is 2.55. The highest BCUT2D eigenvalue weighted by Gasteiger charge is 2.29. The van der Waals surface area contributed by atoms with Gasteiger partial charge in [0.25, 0.3) is 0 Å². The Morgan fingerprint density at radius 1 is 1.53 bits per heavy atom. The molecule has 1 aliphatic carbocycles. The number of amides is 1.